The van der Waals surface area contributed by atoms with Crippen LogP contribution in [0.2, 0.25) is 0 Å². The van der Waals surface area contributed by atoms with Crippen LogP contribution in [0.15, 0.2) is 0 Å². The average Bonchev–Trinajstić information content (AvgIpc) is 2.62. The van der Waals surface area contributed by atoms with Crippen molar-refractivity contribution in [3.8, 4) is 0 Å². The van der Waals surface area contributed by atoms with Gasteiger partial charge in [0.15, 0.2) is 0 Å². The Hall–Kier alpha value is -0.0301. The van der Waals surface area contributed by atoms with Crippen LogP contribution in [0.4, 0.5) is 0 Å². The van der Waals surface area contributed by atoms with E-state index in [0.29, 0.717) is 7.37 Å². The Kier molecular flexibility index (Phi) is 5.75. The monoisotopic (exact) mass is 284 g/mol. The highest BCUT2D eigenvalue weighted by Crippen LogP contribution is 2.32. The van der Waals surface area contributed by atoms with Crippen LogP contribution in [-0.2, 0) is 18.7 Å². The predicted octanol–water partition coefficient (Wildman–Crippen LogP) is 2.54. The van der Waals surface area contributed by atoms with Crippen LogP contribution < -0.4 is 0 Å². The molecule has 0 amide bonds. The summed E-state index contributed by atoms with van der Waals surface area (Å²) in [5.41, 5.74) is -1.03. The molecule has 4 nitrogen and oxygen atoms in total. The first kappa shape index (κ1) is 18.0. The van der Waals surface area contributed by atoms with E-state index < -0.39 is 5.60 Å². The Morgan fingerprint density at radius 2 is 1.80 bits per heavy atom. The maximum Gasteiger partial charge on any atom is 0.441 e. The maximum absolute atomic E-state index is 6.01. The minimum atomic E-state index is -0.415. The molecule has 6 heteroatoms. The van der Waals surface area contributed by atoms with E-state index in [1.54, 1.807) is 7.11 Å². The molecule has 1 aliphatic rings. The van der Waals surface area contributed by atoms with Crippen LogP contribution in [0.5, 0.6) is 0 Å². The van der Waals surface area contributed by atoms with E-state index in [4.69, 9.17) is 18.7 Å². The Bertz CT molecular complexity index is 318. The Morgan fingerprint density at radius 3 is 2.30 bits per heavy atom. The molecule has 0 radical (unpaired) electrons. The lowest BCUT2D eigenvalue weighted by Crippen LogP contribution is -2.51. The summed E-state index contributed by atoms with van der Waals surface area (Å²) < 4.78 is 23.5. The van der Waals surface area contributed by atoms with E-state index in [2.05, 4.69) is 20.8 Å². The van der Waals surface area contributed by atoms with E-state index in [-0.39, 0.29) is 24.3 Å². The van der Waals surface area contributed by atoms with Gasteiger partial charge >= 0.3 is 14.4 Å². The van der Waals surface area contributed by atoms with E-state index in [1.165, 1.54) is 0 Å². The Balaban J connectivity index is 2.56. The van der Waals surface area contributed by atoms with Crippen molar-refractivity contribution in [3.05, 3.63) is 0 Å². The Labute approximate surface area is 125 Å². The first-order chi connectivity index (χ1) is 9.05. The van der Waals surface area contributed by atoms with Gasteiger partial charge in [0.05, 0.1) is 22.9 Å². The van der Waals surface area contributed by atoms with Crippen LogP contribution in [0.25, 0.3) is 0 Å². The fourth-order valence-electron chi connectivity index (χ4n) is 2.24. The maximum atomic E-state index is 6.01. The van der Waals surface area contributed by atoms with Crippen molar-refractivity contribution in [1.29, 1.82) is 0 Å². The van der Waals surface area contributed by atoms with Crippen molar-refractivity contribution in [2.24, 2.45) is 0 Å². The van der Waals surface area contributed by atoms with Crippen LogP contribution in [0, 0.1) is 0 Å². The van der Waals surface area contributed by atoms with Crippen molar-refractivity contribution in [1.82, 2.24) is 0 Å². The minimum Gasteiger partial charge on any atom is -0.434 e. The molecule has 0 saturated carbocycles. The van der Waals surface area contributed by atoms with E-state index in [1.807, 2.05) is 27.7 Å². The summed E-state index contributed by atoms with van der Waals surface area (Å²) in [6.07, 6.45) is 2.24. The number of hydrogen-bond donors (Lipinski definition) is 0. The zero-order valence-corrected chi connectivity index (χ0v) is 14.4. The highest BCUT2D eigenvalue weighted by molar-refractivity contribution is 7.03. The van der Waals surface area contributed by atoms with E-state index >= 15 is 0 Å². The average molecular weight is 284 g/mol. The highest BCUT2D eigenvalue weighted by atomic mass is 16.7. The Morgan fingerprint density at radius 1 is 1.20 bits per heavy atom. The number of hydrogen-bond acceptors (Lipinski definition) is 4. The van der Waals surface area contributed by atoms with Crippen molar-refractivity contribution in [2.45, 2.75) is 84.2 Å². The molecule has 0 aliphatic carbocycles. The lowest BCUT2D eigenvalue weighted by molar-refractivity contribution is -0.114. The van der Waals surface area contributed by atoms with Crippen LogP contribution in [0.3, 0.4) is 0 Å². The molecule has 116 valence electrons. The van der Waals surface area contributed by atoms with Crippen molar-refractivity contribution >= 4 is 14.4 Å². The summed E-state index contributed by atoms with van der Waals surface area (Å²) in [6, 6.07) is 0. The first-order valence-electron chi connectivity index (χ1n) is 7.58. The molecule has 1 heterocycles. The topological polar surface area (TPSA) is 36.9 Å². The first-order valence-corrected chi connectivity index (χ1v) is 7.58. The SMILES string of the molecule is CCC[C@H]1OB(BOC(C)(C)C(C)(C)OC)OC1(C)C. The van der Waals surface area contributed by atoms with Gasteiger partial charge in [0.2, 0.25) is 0 Å². The fraction of sp³-hybridized carbons (Fsp3) is 1.00. The molecule has 1 atom stereocenters. The standard InChI is InChI=1S/C14H30B2O4/c1-9-10-11-12(2,3)20-16(18-11)15-19-14(6,7)13(4,5)17-8/h11,15H,9-10H2,1-8H3/t11-/m1/s1. The smallest absolute Gasteiger partial charge is 0.434 e. The van der Waals surface area contributed by atoms with Crippen molar-refractivity contribution in [3.63, 3.8) is 0 Å². The van der Waals surface area contributed by atoms with Gasteiger partial charge in [-0.2, -0.15) is 0 Å². The fourth-order valence-corrected chi connectivity index (χ4v) is 2.24. The second kappa shape index (κ2) is 6.39. The minimum absolute atomic E-state index is 0.139. The van der Waals surface area contributed by atoms with Crippen molar-refractivity contribution < 1.29 is 18.7 Å². The van der Waals surface area contributed by atoms with Crippen LogP contribution in [-0.4, -0.2) is 44.4 Å². The summed E-state index contributed by atoms with van der Waals surface area (Å²) in [5.74, 6) is 0. The van der Waals surface area contributed by atoms with Gasteiger partial charge in [0, 0.05) is 7.11 Å². The summed E-state index contributed by atoms with van der Waals surface area (Å²) in [5, 5.41) is 0. The van der Waals surface area contributed by atoms with Gasteiger partial charge < -0.3 is 18.7 Å². The summed E-state index contributed by atoms with van der Waals surface area (Å²) >= 11 is 0. The molecular formula is C14H30B2O4. The third-order valence-corrected chi connectivity index (χ3v) is 4.62. The molecule has 0 aromatic carbocycles. The van der Waals surface area contributed by atoms with Gasteiger partial charge in [-0.05, 0) is 48.0 Å². The van der Waals surface area contributed by atoms with Gasteiger partial charge in [-0.3, -0.25) is 0 Å². The van der Waals surface area contributed by atoms with E-state index in [0.717, 1.165) is 12.8 Å². The quantitative estimate of drug-likeness (QED) is 0.673. The largest absolute Gasteiger partial charge is 0.441 e. The molecule has 1 rings (SSSR count). The molecule has 0 unspecified atom stereocenters. The lowest BCUT2D eigenvalue weighted by atomic mass is 9.55. The molecular weight excluding hydrogens is 254 g/mol. The molecule has 0 aromatic rings. The van der Waals surface area contributed by atoms with Gasteiger partial charge in [0.25, 0.3) is 0 Å². The van der Waals surface area contributed by atoms with Crippen LogP contribution >= 0.6 is 0 Å². The van der Waals surface area contributed by atoms with E-state index in [9.17, 15) is 0 Å². The summed E-state index contributed by atoms with van der Waals surface area (Å²) in [7, 11) is 1.82. The molecule has 1 aliphatic heterocycles. The molecule has 1 saturated heterocycles. The summed E-state index contributed by atoms with van der Waals surface area (Å²) in [6.45, 7) is 14.4. The number of methoxy groups -OCH3 is 1. The van der Waals surface area contributed by atoms with Gasteiger partial charge in [-0.1, -0.05) is 13.3 Å². The predicted molar refractivity (Wildman–Crippen MR) is 84.1 cm³/mol. The third kappa shape index (κ3) is 4.00. The molecule has 0 spiro atoms. The highest BCUT2D eigenvalue weighted by Gasteiger charge is 2.47. The third-order valence-electron chi connectivity index (χ3n) is 4.62. The lowest BCUT2D eigenvalue weighted by Gasteiger charge is -2.40. The molecule has 0 aromatic heterocycles. The molecule has 1 fully saturated rings. The number of ether oxygens (including phenoxy) is 1. The van der Waals surface area contributed by atoms with Crippen molar-refractivity contribution in [2.75, 3.05) is 7.11 Å². The van der Waals surface area contributed by atoms with Crippen LogP contribution in [0.1, 0.15) is 61.3 Å². The molecule has 0 bridgehead atoms. The van der Waals surface area contributed by atoms with Gasteiger partial charge in [-0.25, -0.2) is 0 Å². The summed E-state index contributed by atoms with van der Waals surface area (Å²) in [4.78, 5) is 0. The molecule has 20 heavy (non-hydrogen) atoms. The molecule has 0 N–H and O–H groups in total. The second-order valence-corrected chi connectivity index (χ2v) is 7.10. The second-order valence-electron chi connectivity index (χ2n) is 7.10. The van der Waals surface area contributed by atoms with Gasteiger partial charge in [0.1, 0.15) is 0 Å². The zero-order chi connectivity index (χ0) is 15.6. The van der Waals surface area contributed by atoms with Gasteiger partial charge in [-0.15, -0.1) is 0 Å². The zero-order valence-electron chi connectivity index (χ0n) is 14.4. The number of rotatable bonds is 7. The normalized spacial score (nSPS) is 23.2.